The third kappa shape index (κ3) is 3.54. The lowest BCUT2D eigenvalue weighted by molar-refractivity contribution is 0.138. The number of ether oxygens (including phenoxy) is 1. The summed E-state index contributed by atoms with van der Waals surface area (Å²) in [4.78, 5) is 2.37. The van der Waals surface area contributed by atoms with E-state index in [1.54, 1.807) is 0 Å². The van der Waals surface area contributed by atoms with Crippen LogP contribution in [0, 0.1) is 0 Å². The molecule has 1 N–H and O–H groups in total. The van der Waals surface area contributed by atoms with E-state index in [-0.39, 0.29) is 0 Å². The van der Waals surface area contributed by atoms with E-state index in [2.05, 4.69) is 21.4 Å². The number of nitrogens with one attached hydrogen (secondary N) is 1. The van der Waals surface area contributed by atoms with Gasteiger partial charge < -0.3 is 14.6 Å². The van der Waals surface area contributed by atoms with Crippen LogP contribution in [0.15, 0.2) is 10.6 Å². The van der Waals surface area contributed by atoms with Crippen molar-refractivity contribution in [3.63, 3.8) is 0 Å². The van der Waals surface area contributed by atoms with Gasteiger partial charge in [-0.25, -0.2) is 0 Å². The van der Waals surface area contributed by atoms with E-state index < -0.39 is 0 Å². The van der Waals surface area contributed by atoms with Gasteiger partial charge in [0.2, 0.25) is 0 Å². The molecular weight excluding hydrogens is 230 g/mol. The molecule has 2 heterocycles. The third-order valence-electron chi connectivity index (χ3n) is 3.45. The molecule has 100 valence electrons. The van der Waals surface area contributed by atoms with Crippen LogP contribution >= 0.6 is 0 Å². The molecule has 0 spiro atoms. The standard InChI is InChI=1S/C13H21N3O2/c1-4-16(5-7-17-6-1)10-13-8-12(15-18-13)9-14-11-2-3-11/h8,11,14H,1-7,9-10H2. The molecule has 0 aromatic carbocycles. The van der Waals surface area contributed by atoms with Crippen molar-refractivity contribution in [2.24, 2.45) is 0 Å². The minimum absolute atomic E-state index is 0.716. The summed E-state index contributed by atoms with van der Waals surface area (Å²) in [6, 6.07) is 2.79. The van der Waals surface area contributed by atoms with Crippen molar-refractivity contribution in [2.75, 3.05) is 26.3 Å². The summed E-state index contributed by atoms with van der Waals surface area (Å²) in [6.45, 7) is 5.44. The zero-order valence-corrected chi connectivity index (χ0v) is 10.7. The molecule has 0 atom stereocenters. The molecule has 1 saturated heterocycles. The fraction of sp³-hybridized carbons (Fsp3) is 0.769. The molecule has 2 aliphatic rings. The number of aromatic nitrogens is 1. The summed E-state index contributed by atoms with van der Waals surface area (Å²) in [5.41, 5.74) is 1.02. The largest absolute Gasteiger partial charge is 0.380 e. The average molecular weight is 251 g/mol. The zero-order valence-electron chi connectivity index (χ0n) is 10.7. The minimum Gasteiger partial charge on any atom is -0.380 e. The summed E-state index contributed by atoms with van der Waals surface area (Å²) in [5, 5.41) is 7.55. The Hall–Kier alpha value is -0.910. The van der Waals surface area contributed by atoms with Crippen LogP contribution in [0.1, 0.15) is 30.7 Å². The minimum atomic E-state index is 0.716. The fourth-order valence-corrected chi connectivity index (χ4v) is 2.23. The second-order valence-corrected chi connectivity index (χ2v) is 5.18. The first kappa shape index (κ1) is 12.1. The number of hydrogen-bond donors (Lipinski definition) is 1. The highest BCUT2D eigenvalue weighted by Gasteiger charge is 2.20. The Morgan fingerprint density at radius 1 is 1.33 bits per heavy atom. The van der Waals surface area contributed by atoms with Crippen LogP contribution in [0.5, 0.6) is 0 Å². The van der Waals surface area contributed by atoms with Gasteiger partial charge in [-0.2, -0.15) is 0 Å². The van der Waals surface area contributed by atoms with Gasteiger partial charge in [0, 0.05) is 38.3 Å². The maximum atomic E-state index is 5.44. The first-order valence-electron chi connectivity index (χ1n) is 6.88. The first-order chi connectivity index (χ1) is 8.90. The molecule has 5 heteroatoms. The fourth-order valence-electron chi connectivity index (χ4n) is 2.23. The highest BCUT2D eigenvalue weighted by Crippen LogP contribution is 2.19. The van der Waals surface area contributed by atoms with Gasteiger partial charge in [0.25, 0.3) is 0 Å². The second-order valence-electron chi connectivity index (χ2n) is 5.18. The van der Waals surface area contributed by atoms with Gasteiger partial charge in [0.15, 0.2) is 5.76 Å². The Balaban J connectivity index is 1.48. The lowest BCUT2D eigenvalue weighted by Gasteiger charge is -2.16. The van der Waals surface area contributed by atoms with Crippen molar-refractivity contribution < 1.29 is 9.26 Å². The normalized spacial score (nSPS) is 22.0. The van der Waals surface area contributed by atoms with Crippen molar-refractivity contribution in [1.82, 2.24) is 15.4 Å². The molecule has 0 unspecified atom stereocenters. The Bertz CT molecular complexity index is 368. The lowest BCUT2D eigenvalue weighted by Crippen LogP contribution is -2.25. The predicted octanol–water partition coefficient (Wildman–Crippen LogP) is 1.15. The van der Waals surface area contributed by atoms with Gasteiger partial charge in [0.1, 0.15) is 0 Å². The monoisotopic (exact) mass is 251 g/mol. The SMILES string of the molecule is c1c(CNC2CC2)noc1CN1CCCOCC1. The van der Waals surface area contributed by atoms with E-state index in [0.717, 1.165) is 57.3 Å². The molecule has 2 fully saturated rings. The van der Waals surface area contributed by atoms with Crippen LogP contribution in [0.3, 0.4) is 0 Å². The van der Waals surface area contributed by atoms with Crippen LogP contribution in [-0.2, 0) is 17.8 Å². The maximum Gasteiger partial charge on any atom is 0.151 e. The van der Waals surface area contributed by atoms with Crippen molar-refractivity contribution in [3.8, 4) is 0 Å². The molecule has 0 bridgehead atoms. The predicted molar refractivity (Wildman–Crippen MR) is 67.1 cm³/mol. The molecule has 1 aromatic rings. The first-order valence-corrected chi connectivity index (χ1v) is 6.88. The smallest absolute Gasteiger partial charge is 0.151 e. The van der Waals surface area contributed by atoms with Crippen LogP contribution < -0.4 is 5.32 Å². The van der Waals surface area contributed by atoms with Crippen molar-refractivity contribution in [2.45, 2.75) is 38.4 Å². The number of rotatable bonds is 5. The van der Waals surface area contributed by atoms with Crippen molar-refractivity contribution in [1.29, 1.82) is 0 Å². The molecule has 18 heavy (non-hydrogen) atoms. The third-order valence-corrected chi connectivity index (χ3v) is 3.45. The van der Waals surface area contributed by atoms with Crippen LogP contribution in [0.2, 0.25) is 0 Å². The Labute approximate surface area is 107 Å². The quantitative estimate of drug-likeness (QED) is 0.850. The average Bonchev–Trinajstić information content (AvgIpc) is 3.14. The van der Waals surface area contributed by atoms with Gasteiger partial charge in [-0.05, 0) is 19.3 Å². The summed E-state index contributed by atoms with van der Waals surface area (Å²) in [7, 11) is 0. The Morgan fingerprint density at radius 2 is 2.28 bits per heavy atom. The van der Waals surface area contributed by atoms with Gasteiger partial charge in [0.05, 0.1) is 18.8 Å². The van der Waals surface area contributed by atoms with Crippen molar-refractivity contribution in [3.05, 3.63) is 17.5 Å². The molecule has 1 aromatic heterocycles. The van der Waals surface area contributed by atoms with E-state index in [1.165, 1.54) is 12.8 Å². The van der Waals surface area contributed by atoms with Crippen molar-refractivity contribution >= 4 is 0 Å². The maximum absolute atomic E-state index is 5.44. The molecule has 1 saturated carbocycles. The number of hydrogen-bond acceptors (Lipinski definition) is 5. The molecular formula is C13H21N3O2. The summed E-state index contributed by atoms with van der Waals surface area (Å²) < 4.78 is 10.8. The molecule has 0 radical (unpaired) electrons. The Kier molecular flexibility index (Phi) is 3.93. The van der Waals surface area contributed by atoms with E-state index in [9.17, 15) is 0 Å². The van der Waals surface area contributed by atoms with E-state index in [0.29, 0.717) is 6.04 Å². The van der Waals surface area contributed by atoms with Gasteiger partial charge in [-0.1, -0.05) is 5.16 Å². The van der Waals surface area contributed by atoms with Gasteiger partial charge in [-0.3, -0.25) is 4.90 Å². The van der Waals surface area contributed by atoms with Gasteiger partial charge in [-0.15, -0.1) is 0 Å². The van der Waals surface area contributed by atoms with Crippen LogP contribution in [-0.4, -0.2) is 42.4 Å². The second kappa shape index (κ2) is 5.82. The lowest BCUT2D eigenvalue weighted by atomic mass is 10.3. The van der Waals surface area contributed by atoms with Crippen LogP contribution in [0.25, 0.3) is 0 Å². The Morgan fingerprint density at radius 3 is 3.17 bits per heavy atom. The number of nitrogens with zero attached hydrogens (tertiary/aromatic N) is 2. The molecule has 5 nitrogen and oxygen atoms in total. The molecule has 3 rings (SSSR count). The molecule has 1 aliphatic carbocycles. The summed E-state index contributed by atoms with van der Waals surface area (Å²) in [6.07, 6.45) is 3.71. The van der Waals surface area contributed by atoms with E-state index in [1.807, 2.05) is 0 Å². The molecule has 1 aliphatic heterocycles. The highest BCUT2D eigenvalue weighted by atomic mass is 16.5. The molecule has 0 amide bonds. The highest BCUT2D eigenvalue weighted by molar-refractivity contribution is 5.05. The van der Waals surface area contributed by atoms with E-state index >= 15 is 0 Å². The topological polar surface area (TPSA) is 50.5 Å². The zero-order chi connectivity index (χ0) is 12.2. The van der Waals surface area contributed by atoms with Gasteiger partial charge >= 0.3 is 0 Å². The van der Waals surface area contributed by atoms with Crippen LogP contribution in [0.4, 0.5) is 0 Å². The summed E-state index contributed by atoms with van der Waals surface area (Å²) in [5.74, 6) is 0.962. The summed E-state index contributed by atoms with van der Waals surface area (Å²) >= 11 is 0. The van der Waals surface area contributed by atoms with E-state index in [4.69, 9.17) is 9.26 Å².